The number of nitrogens with zero attached hydrogens (tertiary/aromatic N) is 2. The molecule has 2 aliphatic rings. The highest BCUT2D eigenvalue weighted by molar-refractivity contribution is 5.97. The van der Waals surface area contributed by atoms with Gasteiger partial charge in [0, 0.05) is 37.0 Å². The molecular weight excluding hydrogens is 248 g/mol. The van der Waals surface area contributed by atoms with Crippen molar-refractivity contribution in [3.63, 3.8) is 0 Å². The molecule has 110 valence electrons. The molecule has 3 rings (SSSR count). The van der Waals surface area contributed by atoms with E-state index in [9.17, 15) is 4.79 Å². The number of aromatic nitrogens is 1. The zero-order chi connectivity index (χ0) is 13.9. The van der Waals surface area contributed by atoms with Crippen LogP contribution in [0.2, 0.25) is 0 Å². The monoisotopic (exact) mass is 274 g/mol. The molecular formula is C17H26N2O. The number of ketones is 1. The van der Waals surface area contributed by atoms with Gasteiger partial charge in [0.25, 0.3) is 0 Å². The number of piperidine rings is 1. The first-order valence-electron chi connectivity index (χ1n) is 8.16. The number of hydrogen-bond donors (Lipinski definition) is 0. The van der Waals surface area contributed by atoms with Gasteiger partial charge >= 0.3 is 0 Å². The van der Waals surface area contributed by atoms with Gasteiger partial charge in [-0.05, 0) is 57.7 Å². The number of carbonyl (C=O) groups is 1. The van der Waals surface area contributed by atoms with Crippen molar-refractivity contribution >= 4 is 5.78 Å². The number of rotatable bonds is 3. The molecule has 1 aliphatic carbocycles. The molecule has 1 fully saturated rings. The van der Waals surface area contributed by atoms with E-state index in [1.807, 2.05) is 0 Å². The van der Waals surface area contributed by atoms with E-state index in [0.717, 1.165) is 43.8 Å². The van der Waals surface area contributed by atoms with Crippen LogP contribution >= 0.6 is 0 Å². The normalized spacial score (nSPS) is 24.4. The van der Waals surface area contributed by atoms with Crippen molar-refractivity contribution in [3.05, 3.63) is 23.5 Å². The van der Waals surface area contributed by atoms with Gasteiger partial charge in [-0.3, -0.25) is 4.79 Å². The van der Waals surface area contributed by atoms with Crippen LogP contribution in [0, 0.1) is 0 Å². The second kappa shape index (κ2) is 6.13. The third kappa shape index (κ3) is 2.98. The van der Waals surface area contributed by atoms with Gasteiger partial charge in [0.1, 0.15) is 0 Å². The Morgan fingerprint density at radius 2 is 2.00 bits per heavy atom. The van der Waals surface area contributed by atoms with Gasteiger partial charge in [-0.1, -0.05) is 6.42 Å². The lowest BCUT2D eigenvalue weighted by Gasteiger charge is -2.32. The van der Waals surface area contributed by atoms with E-state index in [0.29, 0.717) is 5.78 Å². The molecule has 1 unspecified atom stereocenters. The Morgan fingerprint density at radius 1 is 1.15 bits per heavy atom. The maximum Gasteiger partial charge on any atom is 0.164 e. The summed E-state index contributed by atoms with van der Waals surface area (Å²) in [6, 6.07) is 0.724. The third-order valence-electron chi connectivity index (χ3n) is 5.00. The number of fused-ring (bicyclic) bond motifs is 1. The first-order valence-corrected chi connectivity index (χ1v) is 8.16. The molecule has 0 spiro atoms. The highest BCUT2D eigenvalue weighted by Crippen LogP contribution is 2.23. The van der Waals surface area contributed by atoms with Gasteiger partial charge in [-0.2, -0.15) is 0 Å². The lowest BCUT2D eigenvalue weighted by molar-refractivity contribution is 0.0982. The quantitative estimate of drug-likeness (QED) is 0.790. The number of Topliss-reactive ketones (excluding diaryl/α,β-unsaturated/α-hetero) is 1. The van der Waals surface area contributed by atoms with E-state index in [4.69, 9.17) is 0 Å². The minimum absolute atomic E-state index is 0.353. The standard InChI is InChI=1S/C17H26N2O/c1-18-10-5-4-7-15(18)9-11-19-12-14-6-2-3-8-17(20)16(14)13-19/h12-13,15H,2-11H2,1H3. The van der Waals surface area contributed by atoms with Crippen molar-refractivity contribution in [2.45, 2.75) is 64.0 Å². The minimum atomic E-state index is 0.353. The number of carbonyl (C=O) groups excluding carboxylic acids is 1. The van der Waals surface area contributed by atoms with E-state index in [1.54, 1.807) is 0 Å². The Labute approximate surface area is 122 Å². The van der Waals surface area contributed by atoms with E-state index in [-0.39, 0.29) is 0 Å². The van der Waals surface area contributed by atoms with Crippen LogP contribution in [0.3, 0.4) is 0 Å². The average Bonchev–Trinajstić information content (AvgIpc) is 2.78. The maximum absolute atomic E-state index is 12.1. The molecule has 1 atom stereocenters. The molecule has 3 heteroatoms. The van der Waals surface area contributed by atoms with Crippen LogP contribution in [0.1, 0.15) is 60.9 Å². The maximum atomic E-state index is 12.1. The summed E-state index contributed by atoms with van der Waals surface area (Å²) in [5.74, 6) is 0.353. The van der Waals surface area contributed by atoms with Crippen molar-refractivity contribution in [3.8, 4) is 0 Å². The minimum Gasteiger partial charge on any atom is -0.353 e. The fourth-order valence-corrected chi connectivity index (χ4v) is 3.68. The SMILES string of the molecule is CN1CCCCC1CCn1cc2c(c1)C(=O)CCCC2. The van der Waals surface area contributed by atoms with Crippen LogP contribution in [0.4, 0.5) is 0 Å². The second-order valence-corrected chi connectivity index (χ2v) is 6.48. The molecule has 0 N–H and O–H groups in total. The predicted octanol–water partition coefficient (Wildman–Crippen LogP) is 3.27. The fourth-order valence-electron chi connectivity index (χ4n) is 3.68. The van der Waals surface area contributed by atoms with E-state index in [1.165, 1.54) is 37.8 Å². The zero-order valence-electron chi connectivity index (χ0n) is 12.6. The Bertz CT molecular complexity index is 477. The van der Waals surface area contributed by atoms with E-state index < -0.39 is 0 Å². The van der Waals surface area contributed by atoms with Crippen LogP contribution in [0.15, 0.2) is 12.4 Å². The summed E-state index contributed by atoms with van der Waals surface area (Å²) in [7, 11) is 2.25. The summed E-state index contributed by atoms with van der Waals surface area (Å²) in [4.78, 5) is 14.6. The van der Waals surface area contributed by atoms with Crippen molar-refractivity contribution in [1.82, 2.24) is 9.47 Å². The van der Waals surface area contributed by atoms with Crippen molar-refractivity contribution in [2.75, 3.05) is 13.6 Å². The van der Waals surface area contributed by atoms with E-state index >= 15 is 0 Å². The molecule has 20 heavy (non-hydrogen) atoms. The Morgan fingerprint density at radius 3 is 2.85 bits per heavy atom. The van der Waals surface area contributed by atoms with Crippen molar-refractivity contribution in [1.29, 1.82) is 0 Å². The molecule has 1 aromatic heterocycles. The first kappa shape index (κ1) is 13.9. The van der Waals surface area contributed by atoms with Gasteiger partial charge in [0.05, 0.1) is 0 Å². The van der Waals surface area contributed by atoms with Crippen LogP contribution in [0.5, 0.6) is 0 Å². The highest BCUT2D eigenvalue weighted by atomic mass is 16.1. The van der Waals surface area contributed by atoms with Gasteiger partial charge in [-0.25, -0.2) is 0 Å². The molecule has 0 radical (unpaired) electrons. The van der Waals surface area contributed by atoms with Gasteiger partial charge in [0.2, 0.25) is 0 Å². The average molecular weight is 274 g/mol. The van der Waals surface area contributed by atoms with Crippen LogP contribution in [-0.4, -0.2) is 34.9 Å². The summed E-state index contributed by atoms with van der Waals surface area (Å²) in [6.07, 6.45) is 13.6. The summed E-state index contributed by atoms with van der Waals surface area (Å²) < 4.78 is 2.26. The molecule has 1 aliphatic heterocycles. The number of likely N-dealkylation sites (tertiary alicyclic amines) is 1. The Kier molecular flexibility index (Phi) is 4.25. The number of aryl methyl sites for hydroxylation is 2. The first-order chi connectivity index (χ1) is 9.74. The topological polar surface area (TPSA) is 25.2 Å². The Balaban J connectivity index is 1.63. The second-order valence-electron chi connectivity index (χ2n) is 6.48. The lowest BCUT2D eigenvalue weighted by Crippen LogP contribution is -2.36. The largest absolute Gasteiger partial charge is 0.353 e. The lowest BCUT2D eigenvalue weighted by atomic mass is 10.0. The third-order valence-corrected chi connectivity index (χ3v) is 5.00. The van der Waals surface area contributed by atoms with Crippen LogP contribution < -0.4 is 0 Å². The van der Waals surface area contributed by atoms with Crippen molar-refractivity contribution < 1.29 is 4.79 Å². The van der Waals surface area contributed by atoms with Crippen LogP contribution in [-0.2, 0) is 13.0 Å². The van der Waals surface area contributed by atoms with Crippen LogP contribution in [0.25, 0.3) is 0 Å². The molecule has 1 saturated heterocycles. The summed E-state index contributed by atoms with van der Waals surface area (Å²) in [5.41, 5.74) is 2.28. The van der Waals surface area contributed by atoms with E-state index in [2.05, 4.69) is 28.9 Å². The van der Waals surface area contributed by atoms with Gasteiger partial charge < -0.3 is 9.47 Å². The fraction of sp³-hybridized carbons (Fsp3) is 0.706. The molecule has 0 bridgehead atoms. The summed E-state index contributed by atoms with van der Waals surface area (Å²) in [5, 5.41) is 0. The number of hydrogen-bond acceptors (Lipinski definition) is 2. The molecule has 0 aromatic carbocycles. The predicted molar refractivity (Wildman–Crippen MR) is 81.2 cm³/mol. The molecule has 0 amide bonds. The molecule has 1 aromatic rings. The summed E-state index contributed by atoms with van der Waals surface area (Å²) in [6.45, 7) is 2.29. The smallest absolute Gasteiger partial charge is 0.164 e. The Hall–Kier alpha value is -1.09. The van der Waals surface area contributed by atoms with Crippen molar-refractivity contribution in [2.24, 2.45) is 0 Å². The summed E-state index contributed by atoms with van der Waals surface area (Å²) >= 11 is 0. The van der Waals surface area contributed by atoms with Gasteiger partial charge in [-0.15, -0.1) is 0 Å². The molecule has 2 heterocycles. The highest BCUT2D eigenvalue weighted by Gasteiger charge is 2.20. The zero-order valence-corrected chi connectivity index (χ0v) is 12.6. The molecule has 3 nitrogen and oxygen atoms in total. The van der Waals surface area contributed by atoms with Gasteiger partial charge in [0.15, 0.2) is 5.78 Å². The molecule has 0 saturated carbocycles.